The minimum atomic E-state index is -0.115. The fraction of sp³-hybridized carbons (Fsp3) is 0.0667. The molecule has 16 aromatic rings. The smallest absolute Gasteiger partial charge is 0.137 e. The van der Waals surface area contributed by atoms with Gasteiger partial charge in [0.2, 0.25) is 0 Å². The van der Waals surface area contributed by atoms with Crippen LogP contribution in [0.3, 0.4) is 0 Å². The van der Waals surface area contributed by atoms with E-state index < -0.39 is 0 Å². The molecular weight excluding hydrogens is 1220 g/mol. The Kier molecular flexibility index (Phi) is 15.1. The Balaban J connectivity index is 0.000000128. The van der Waals surface area contributed by atoms with E-state index in [9.17, 15) is 0 Å². The summed E-state index contributed by atoms with van der Waals surface area (Å²) in [6.07, 6.45) is 0. The van der Waals surface area contributed by atoms with Gasteiger partial charge in [0.25, 0.3) is 0 Å². The molecule has 0 amide bonds. The van der Waals surface area contributed by atoms with Gasteiger partial charge in [0.15, 0.2) is 0 Å². The van der Waals surface area contributed by atoms with E-state index in [1.807, 2.05) is 42.5 Å². The largest absolute Gasteiger partial charge is 0.456 e. The molecule has 95 heavy (non-hydrogen) atoms. The molecule has 2 heterocycles. The van der Waals surface area contributed by atoms with Crippen molar-refractivity contribution in [1.29, 1.82) is 0 Å². The number of para-hydroxylation sites is 2. The maximum atomic E-state index is 6.43. The molecule has 2 aliphatic carbocycles. The molecule has 0 saturated heterocycles. The molecule has 0 bridgehead atoms. The van der Waals surface area contributed by atoms with Crippen LogP contribution in [0.5, 0.6) is 0 Å². The fourth-order valence-electron chi connectivity index (χ4n) is 14.5. The van der Waals surface area contributed by atoms with E-state index in [0.717, 1.165) is 66.0 Å². The van der Waals surface area contributed by atoms with Gasteiger partial charge in [0.1, 0.15) is 22.3 Å². The fourth-order valence-corrected chi connectivity index (χ4v) is 14.8. The second-order valence-electron chi connectivity index (χ2n) is 25.8. The third kappa shape index (κ3) is 10.9. The van der Waals surface area contributed by atoms with Crippen molar-refractivity contribution < 1.29 is 8.83 Å². The van der Waals surface area contributed by atoms with Gasteiger partial charge in [-0.3, -0.25) is 0 Å². The third-order valence-corrected chi connectivity index (χ3v) is 19.8. The lowest BCUT2D eigenvalue weighted by Crippen LogP contribution is -2.17. The van der Waals surface area contributed by atoms with Crippen molar-refractivity contribution in [2.75, 3.05) is 10.2 Å². The highest BCUT2D eigenvalue weighted by molar-refractivity contribution is 9.10. The van der Waals surface area contributed by atoms with E-state index >= 15 is 0 Å². The van der Waals surface area contributed by atoms with Gasteiger partial charge < -0.3 is 19.1 Å². The second-order valence-corrected chi connectivity index (χ2v) is 26.7. The molecule has 5 heteroatoms. The zero-order chi connectivity index (χ0) is 64.2. The summed E-state index contributed by atoms with van der Waals surface area (Å²) in [4.78, 5) is 2.41. The lowest BCUT2D eigenvalue weighted by molar-refractivity contribution is 0.660. The van der Waals surface area contributed by atoms with Gasteiger partial charge in [-0.2, -0.15) is 0 Å². The summed E-state index contributed by atoms with van der Waals surface area (Å²) in [6, 6.07) is 117. The minimum Gasteiger partial charge on any atom is -0.456 e. The lowest BCUT2D eigenvalue weighted by Gasteiger charge is -2.30. The lowest BCUT2D eigenvalue weighted by atomic mass is 9.82. The molecule has 0 unspecified atom stereocenters. The first-order chi connectivity index (χ1) is 46.5. The number of hydrogen-bond donors (Lipinski definition) is 1. The highest BCUT2D eigenvalue weighted by atomic mass is 79.9. The number of nitrogens with one attached hydrogen (secondary N) is 1. The van der Waals surface area contributed by atoms with Crippen molar-refractivity contribution >= 4 is 88.2 Å². The Morgan fingerprint density at radius 2 is 0.705 bits per heavy atom. The first-order valence-corrected chi connectivity index (χ1v) is 33.3. The van der Waals surface area contributed by atoms with Gasteiger partial charge in [-0.15, -0.1) is 0 Å². The van der Waals surface area contributed by atoms with Crippen molar-refractivity contribution in [2.24, 2.45) is 0 Å². The predicted octanol–water partition coefficient (Wildman–Crippen LogP) is 26.1. The first-order valence-electron chi connectivity index (χ1n) is 32.6. The number of benzene rings is 14. The zero-order valence-electron chi connectivity index (χ0n) is 53.3. The Morgan fingerprint density at radius 3 is 1.29 bits per heavy atom. The van der Waals surface area contributed by atoms with Gasteiger partial charge in [0, 0.05) is 76.8 Å². The molecule has 0 fully saturated rings. The van der Waals surface area contributed by atoms with E-state index in [0.29, 0.717) is 0 Å². The van der Waals surface area contributed by atoms with Crippen LogP contribution in [0.15, 0.2) is 341 Å². The van der Waals surface area contributed by atoms with Crippen molar-refractivity contribution in [1.82, 2.24) is 0 Å². The summed E-state index contributed by atoms with van der Waals surface area (Å²) in [5, 5.41) is 8.35. The van der Waals surface area contributed by atoms with Crippen LogP contribution in [0.1, 0.15) is 49.9 Å². The number of hydrogen-bond acceptors (Lipinski definition) is 4. The molecule has 0 aliphatic heterocycles. The van der Waals surface area contributed by atoms with Gasteiger partial charge in [-0.25, -0.2) is 0 Å². The maximum Gasteiger partial charge on any atom is 0.137 e. The summed E-state index contributed by atoms with van der Waals surface area (Å²) in [6.45, 7) is 9.34. The molecule has 0 atom stereocenters. The average molecular weight is 1290 g/mol. The van der Waals surface area contributed by atoms with Crippen molar-refractivity contribution in [3.63, 3.8) is 0 Å². The third-order valence-electron chi connectivity index (χ3n) is 19.3. The van der Waals surface area contributed by atoms with E-state index in [2.05, 4.69) is 339 Å². The van der Waals surface area contributed by atoms with Gasteiger partial charge in [-0.1, -0.05) is 274 Å². The second kappa shape index (κ2) is 24.3. The van der Waals surface area contributed by atoms with E-state index in [4.69, 9.17) is 8.83 Å². The summed E-state index contributed by atoms with van der Waals surface area (Å²) < 4.78 is 13.2. The monoisotopic (exact) mass is 1290 g/mol. The molecule has 4 nitrogen and oxygen atoms in total. The summed E-state index contributed by atoms with van der Waals surface area (Å²) in [5.41, 5.74) is 29.4. The van der Waals surface area contributed by atoms with Crippen LogP contribution < -0.4 is 10.2 Å². The van der Waals surface area contributed by atoms with Gasteiger partial charge >= 0.3 is 0 Å². The van der Waals surface area contributed by atoms with E-state index in [-0.39, 0.29) is 10.8 Å². The Morgan fingerprint density at radius 1 is 0.284 bits per heavy atom. The SMILES string of the molecule is Brc1ccc2c(c1)oc1ccccc12.CC1(C)c2ccccc2-c2ccc(N(c3ccc4c(c3)oc3ccccc34)c3ccc(-c4ccccc4)cc3-c3ccccc3)cc21.CC1(C)c2ccccc2-c2ccc(Nc3ccc(-c4ccccc4)cc3-c3ccccc3)cc21. The van der Waals surface area contributed by atoms with Gasteiger partial charge in [0.05, 0.1) is 5.69 Å². The van der Waals surface area contributed by atoms with Crippen molar-refractivity contribution in [3.8, 4) is 66.8 Å². The summed E-state index contributed by atoms with van der Waals surface area (Å²) >= 11 is 3.43. The molecule has 0 radical (unpaired) electrons. The van der Waals surface area contributed by atoms with Crippen LogP contribution in [0.25, 0.3) is 111 Å². The number of nitrogens with zero attached hydrogens (tertiary/aromatic N) is 1. The molecular formula is C90H67BrN2O2. The highest BCUT2D eigenvalue weighted by Gasteiger charge is 2.37. The Bertz CT molecular complexity index is 5530. The predicted molar refractivity (Wildman–Crippen MR) is 403 cm³/mol. The first kappa shape index (κ1) is 58.8. The highest BCUT2D eigenvalue weighted by Crippen LogP contribution is 2.53. The number of fused-ring (bicyclic) bond motifs is 12. The van der Waals surface area contributed by atoms with E-state index in [1.54, 1.807) is 0 Å². The minimum absolute atomic E-state index is 0.0109. The molecule has 0 spiro atoms. The van der Waals surface area contributed by atoms with Crippen LogP contribution in [-0.4, -0.2) is 0 Å². The number of halogens is 1. The van der Waals surface area contributed by atoms with E-state index in [1.165, 1.54) is 99.8 Å². The molecule has 1 N–H and O–H groups in total. The van der Waals surface area contributed by atoms with Crippen LogP contribution in [0.4, 0.5) is 28.4 Å². The molecule has 2 aliphatic rings. The quantitative estimate of drug-likeness (QED) is 0.156. The number of furan rings is 2. The van der Waals surface area contributed by atoms with Crippen LogP contribution in [0.2, 0.25) is 0 Å². The molecule has 0 saturated carbocycles. The molecule has 18 rings (SSSR count). The van der Waals surface area contributed by atoms with Crippen LogP contribution in [-0.2, 0) is 10.8 Å². The Labute approximate surface area is 563 Å². The number of rotatable bonds is 9. The zero-order valence-corrected chi connectivity index (χ0v) is 54.9. The molecule has 456 valence electrons. The van der Waals surface area contributed by atoms with Crippen LogP contribution >= 0.6 is 15.9 Å². The molecule has 2 aromatic heterocycles. The standard InChI is InChI=1S/C45H33NO.C33H27N.C12H7BrO/c1-45(2)40-19-11-9-17-35(40)36-24-22-33(28-41(36)45)46(34-23-25-38-37-18-10-12-20-43(37)47-44(38)29-34)42-26-21-32(30-13-5-3-6-14-30)27-39(42)31-15-7-4-8-16-31;1-33(2)30-16-10-9-15-27(30)28-19-18-26(22-31(28)33)34-32-20-17-25(23-11-5-3-6-12-23)21-29(32)24-13-7-4-8-14-24;13-8-5-6-10-9-3-1-2-4-11(9)14-12(10)7-8/h3-29H,1-2H3;3-22,34H,1-2H3;1-7H. The topological polar surface area (TPSA) is 41.6 Å². The summed E-state index contributed by atoms with van der Waals surface area (Å²) in [7, 11) is 0. The maximum absolute atomic E-state index is 6.43. The number of anilines is 5. The van der Waals surface area contributed by atoms with Crippen LogP contribution in [0, 0.1) is 0 Å². The average Bonchev–Trinajstić information content (AvgIpc) is 1.61. The molecule has 14 aromatic carbocycles. The normalized spacial score (nSPS) is 12.9. The van der Waals surface area contributed by atoms with Crippen molar-refractivity contribution in [2.45, 2.75) is 38.5 Å². The van der Waals surface area contributed by atoms with Crippen molar-refractivity contribution in [3.05, 3.63) is 354 Å². The summed E-state index contributed by atoms with van der Waals surface area (Å²) in [5.74, 6) is 0. The Hall–Kier alpha value is -11.2. The van der Waals surface area contributed by atoms with Gasteiger partial charge in [-0.05, 0) is 169 Å².